The molecule has 0 amide bonds. The van der Waals surface area contributed by atoms with Crippen LogP contribution in [-0.4, -0.2) is 29.3 Å². The van der Waals surface area contributed by atoms with Gasteiger partial charge in [0.1, 0.15) is 5.75 Å². The molecule has 0 radical (unpaired) electrons. The number of hydrogen-bond donors (Lipinski definition) is 1. The molecule has 150 valence electrons. The Labute approximate surface area is 172 Å². The Morgan fingerprint density at radius 2 is 1.90 bits per heavy atom. The van der Waals surface area contributed by atoms with Crippen molar-refractivity contribution in [3.05, 3.63) is 63.5 Å². The first-order chi connectivity index (χ1) is 14.1. The molecule has 0 bridgehead atoms. The van der Waals surface area contributed by atoms with Gasteiger partial charge >= 0.3 is 5.69 Å². The van der Waals surface area contributed by atoms with E-state index in [0.29, 0.717) is 29.7 Å². The van der Waals surface area contributed by atoms with Crippen molar-refractivity contribution in [1.82, 2.24) is 4.98 Å². The summed E-state index contributed by atoms with van der Waals surface area (Å²) in [6.45, 7) is 4.32. The van der Waals surface area contributed by atoms with Gasteiger partial charge in [-0.15, -0.1) is 11.3 Å². The van der Waals surface area contributed by atoms with E-state index >= 15 is 0 Å². The fourth-order valence-electron chi connectivity index (χ4n) is 2.58. The van der Waals surface area contributed by atoms with Crippen LogP contribution in [0.15, 0.2) is 52.9 Å². The van der Waals surface area contributed by atoms with E-state index in [1.54, 1.807) is 6.92 Å². The number of nitrogens with one attached hydrogen (secondary N) is 1. The van der Waals surface area contributed by atoms with E-state index in [1.165, 1.54) is 29.7 Å². The summed E-state index contributed by atoms with van der Waals surface area (Å²) in [6, 6.07) is 12.7. The van der Waals surface area contributed by atoms with E-state index < -0.39 is 4.92 Å². The van der Waals surface area contributed by atoms with E-state index in [4.69, 9.17) is 9.47 Å². The fraction of sp³-hybridized carbons (Fsp3) is 0.200. The molecule has 8 nitrogen and oxygen atoms in total. The van der Waals surface area contributed by atoms with Gasteiger partial charge in [0.15, 0.2) is 0 Å². The lowest BCUT2D eigenvalue weighted by atomic mass is 10.1. The first-order valence-corrected chi connectivity index (χ1v) is 9.88. The molecule has 29 heavy (non-hydrogen) atoms. The number of hydrazone groups is 1. The Hall–Kier alpha value is -3.46. The van der Waals surface area contributed by atoms with Gasteiger partial charge in [0, 0.05) is 28.6 Å². The number of hydrogen-bond acceptors (Lipinski definition) is 8. The molecule has 2 aromatic carbocycles. The molecule has 0 spiro atoms. The molecule has 3 aromatic rings. The van der Waals surface area contributed by atoms with Gasteiger partial charge in [0.05, 0.1) is 30.0 Å². The molecular formula is C20H20N4O4S. The van der Waals surface area contributed by atoms with Crippen LogP contribution in [0.5, 0.6) is 11.5 Å². The average molecular weight is 412 g/mol. The number of benzene rings is 2. The molecule has 0 aliphatic heterocycles. The van der Waals surface area contributed by atoms with Crippen molar-refractivity contribution in [3.63, 3.8) is 0 Å². The summed E-state index contributed by atoms with van der Waals surface area (Å²) in [5.41, 5.74) is 5.05. The molecule has 0 aliphatic rings. The minimum Gasteiger partial charge on any atom is -0.493 e. The molecule has 0 saturated carbocycles. The number of aromatic nitrogens is 1. The monoisotopic (exact) mass is 412 g/mol. The zero-order valence-electron chi connectivity index (χ0n) is 16.0. The van der Waals surface area contributed by atoms with Crippen LogP contribution < -0.4 is 14.9 Å². The second-order valence-corrected chi connectivity index (χ2v) is 6.61. The molecule has 0 atom stereocenters. The lowest BCUT2D eigenvalue weighted by Gasteiger charge is -2.10. The average Bonchev–Trinajstić information content (AvgIpc) is 3.19. The summed E-state index contributed by atoms with van der Waals surface area (Å²) in [7, 11) is 0. The van der Waals surface area contributed by atoms with Crippen molar-refractivity contribution in [2.75, 3.05) is 18.6 Å². The molecule has 0 fully saturated rings. The minimum atomic E-state index is -0.488. The van der Waals surface area contributed by atoms with Crippen LogP contribution in [0.2, 0.25) is 0 Å². The predicted octanol–water partition coefficient (Wildman–Crippen LogP) is 4.96. The summed E-state index contributed by atoms with van der Waals surface area (Å²) in [5.74, 6) is 0.620. The summed E-state index contributed by atoms with van der Waals surface area (Å²) in [4.78, 5) is 15.4. The Balaban J connectivity index is 1.81. The van der Waals surface area contributed by atoms with Crippen LogP contribution in [0.1, 0.15) is 19.4 Å². The highest BCUT2D eigenvalue weighted by Gasteiger charge is 2.19. The van der Waals surface area contributed by atoms with Gasteiger partial charge in [-0.25, -0.2) is 4.98 Å². The molecule has 9 heteroatoms. The largest absolute Gasteiger partial charge is 0.493 e. The minimum absolute atomic E-state index is 0.141. The van der Waals surface area contributed by atoms with Crippen LogP contribution in [0.25, 0.3) is 11.3 Å². The van der Waals surface area contributed by atoms with Gasteiger partial charge in [-0.2, -0.15) is 5.10 Å². The van der Waals surface area contributed by atoms with Crippen LogP contribution in [0.3, 0.4) is 0 Å². The van der Waals surface area contributed by atoms with Crippen LogP contribution >= 0.6 is 11.3 Å². The highest BCUT2D eigenvalue weighted by atomic mass is 32.1. The third-order valence-corrected chi connectivity index (χ3v) is 4.57. The van der Waals surface area contributed by atoms with Crippen molar-refractivity contribution >= 4 is 28.4 Å². The summed E-state index contributed by atoms with van der Waals surface area (Å²) in [6.07, 6.45) is 1.47. The molecule has 3 rings (SSSR count). The molecule has 1 N–H and O–H groups in total. The topological polar surface area (TPSA) is 98.9 Å². The van der Waals surface area contributed by atoms with E-state index in [0.717, 1.165) is 11.3 Å². The molecule has 1 heterocycles. The van der Waals surface area contributed by atoms with Crippen molar-refractivity contribution in [3.8, 4) is 22.8 Å². The van der Waals surface area contributed by atoms with E-state index in [-0.39, 0.29) is 11.4 Å². The Bertz CT molecular complexity index is 1000. The zero-order chi connectivity index (χ0) is 20.6. The van der Waals surface area contributed by atoms with Crippen molar-refractivity contribution < 1.29 is 14.4 Å². The summed E-state index contributed by atoms with van der Waals surface area (Å²) >= 11 is 1.42. The Kier molecular flexibility index (Phi) is 6.75. The van der Waals surface area contributed by atoms with Gasteiger partial charge in [0.2, 0.25) is 10.9 Å². The number of nitro groups is 1. The highest BCUT2D eigenvalue weighted by Crippen LogP contribution is 2.34. The quantitative estimate of drug-likeness (QED) is 0.303. The maximum Gasteiger partial charge on any atom is 0.311 e. The number of thiazole rings is 1. The van der Waals surface area contributed by atoms with Gasteiger partial charge in [-0.3, -0.25) is 15.5 Å². The second-order valence-electron chi connectivity index (χ2n) is 5.75. The van der Waals surface area contributed by atoms with Crippen LogP contribution in [0.4, 0.5) is 10.8 Å². The normalized spacial score (nSPS) is 10.8. The highest BCUT2D eigenvalue weighted by molar-refractivity contribution is 7.14. The molecule has 1 aromatic heterocycles. The maximum atomic E-state index is 11.4. The SMILES string of the molecule is CCOc1cc(OCC)c([N+](=O)[O-])cc1/C=N\Nc1nc(-c2ccccc2)cs1. The van der Waals surface area contributed by atoms with Crippen LogP contribution in [-0.2, 0) is 0 Å². The third kappa shape index (κ3) is 5.08. The summed E-state index contributed by atoms with van der Waals surface area (Å²) < 4.78 is 11.0. The molecule has 0 saturated heterocycles. The van der Waals surface area contributed by atoms with Crippen molar-refractivity contribution in [1.29, 1.82) is 0 Å². The molecule has 0 aliphatic carbocycles. The summed E-state index contributed by atoms with van der Waals surface area (Å²) in [5, 5.41) is 18.1. The van der Waals surface area contributed by atoms with Gasteiger partial charge in [-0.05, 0) is 13.8 Å². The Morgan fingerprint density at radius 1 is 1.17 bits per heavy atom. The maximum absolute atomic E-state index is 11.4. The standard InChI is InChI=1S/C20H20N4O4S/c1-3-27-18-11-19(28-4-2)17(24(25)26)10-15(18)12-21-23-20-22-16(13-29-20)14-8-6-5-7-9-14/h5-13H,3-4H2,1-2H3,(H,22,23)/b21-12-. The first-order valence-electron chi connectivity index (χ1n) is 9.00. The van der Waals surface area contributed by atoms with E-state index in [9.17, 15) is 10.1 Å². The number of anilines is 1. The second kappa shape index (κ2) is 9.65. The van der Waals surface area contributed by atoms with E-state index in [2.05, 4.69) is 15.5 Å². The van der Waals surface area contributed by atoms with Crippen molar-refractivity contribution in [2.45, 2.75) is 13.8 Å². The number of nitro benzene ring substituents is 1. The van der Waals surface area contributed by atoms with E-state index in [1.807, 2.05) is 42.6 Å². The fourth-order valence-corrected chi connectivity index (χ4v) is 3.25. The first kappa shape index (κ1) is 20.3. The van der Waals surface area contributed by atoms with Gasteiger partial charge < -0.3 is 9.47 Å². The van der Waals surface area contributed by atoms with Gasteiger partial charge in [-0.1, -0.05) is 30.3 Å². The molecule has 0 unspecified atom stereocenters. The number of nitrogens with zero attached hydrogens (tertiary/aromatic N) is 3. The smallest absolute Gasteiger partial charge is 0.311 e. The van der Waals surface area contributed by atoms with Gasteiger partial charge in [0.25, 0.3) is 0 Å². The predicted molar refractivity (Wildman–Crippen MR) is 114 cm³/mol. The lowest BCUT2D eigenvalue weighted by molar-refractivity contribution is -0.385. The Morgan fingerprint density at radius 3 is 2.59 bits per heavy atom. The third-order valence-electron chi connectivity index (χ3n) is 3.83. The van der Waals surface area contributed by atoms with Crippen LogP contribution in [0, 0.1) is 10.1 Å². The number of rotatable bonds is 9. The number of ether oxygens (including phenoxy) is 2. The zero-order valence-corrected chi connectivity index (χ0v) is 16.8. The molecular weight excluding hydrogens is 392 g/mol. The van der Waals surface area contributed by atoms with Crippen molar-refractivity contribution in [2.24, 2.45) is 5.10 Å². The lowest BCUT2D eigenvalue weighted by Crippen LogP contribution is -2.03.